The number of rotatable bonds is 3. The van der Waals surface area contributed by atoms with Crippen LogP contribution in [0.15, 0.2) is 0 Å². The van der Waals surface area contributed by atoms with Crippen LogP contribution in [0.3, 0.4) is 0 Å². The molecule has 0 saturated carbocycles. The fourth-order valence-electron chi connectivity index (χ4n) is 1.97. The van der Waals surface area contributed by atoms with E-state index >= 15 is 0 Å². The molecular weight excluding hydrogens is 162 g/mol. The van der Waals surface area contributed by atoms with Gasteiger partial charge in [-0.3, -0.25) is 0 Å². The van der Waals surface area contributed by atoms with Crippen LogP contribution >= 0.6 is 0 Å². The molecule has 1 heterocycles. The summed E-state index contributed by atoms with van der Waals surface area (Å²) in [5.41, 5.74) is 6.24. The van der Waals surface area contributed by atoms with Gasteiger partial charge in [0, 0.05) is 19.3 Å². The van der Waals surface area contributed by atoms with Crippen LogP contribution in [0.2, 0.25) is 0 Å². The SMILES string of the molecule is CC(C)C(C)C(N)C1CCOCC1. The third-order valence-electron chi connectivity index (χ3n) is 3.47. The second kappa shape index (κ2) is 4.97. The molecule has 2 unspecified atom stereocenters. The van der Waals surface area contributed by atoms with Gasteiger partial charge in [-0.2, -0.15) is 0 Å². The van der Waals surface area contributed by atoms with E-state index in [9.17, 15) is 0 Å². The van der Waals surface area contributed by atoms with E-state index in [-0.39, 0.29) is 0 Å². The minimum absolute atomic E-state index is 0.365. The van der Waals surface area contributed by atoms with Crippen LogP contribution in [0.1, 0.15) is 33.6 Å². The zero-order chi connectivity index (χ0) is 9.84. The molecule has 0 spiro atoms. The van der Waals surface area contributed by atoms with Crippen molar-refractivity contribution >= 4 is 0 Å². The van der Waals surface area contributed by atoms with E-state index in [0.29, 0.717) is 23.8 Å². The zero-order valence-corrected chi connectivity index (χ0v) is 9.12. The lowest BCUT2D eigenvalue weighted by Gasteiger charge is -2.33. The lowest BCUT2D eigenvalue weighted by molar-refractivity contribution is 0.0488. The Labute approximate surface area is 81.8 Å². The monoisotopic (exact) mass is 185 g/mol. The Bertz CT molecular complexity index is 141. The highest BCUT2D eigenvalue weighted by molar-refractivity contribution is 4.80. The summed E-state index contributed by atoms with van der Waals surface area (Å²) in [6.45, 7) is 8.59. The first-order valence-electron chi connectivity index (χ1n) is 5.46. The average Bonchev–Trinajstić information content (AvgIpc) is 2.17. The quantitative estimate of drug-likeness (QED) is 0.730. The van der Waals surface area contributed by atoms with Crippen molar-refractivity contribution < 1.29 is 4.74 Å². The summed E-state index contributed by atoms with van der Waals surface area (Å²) in [6, 6.07) is 0.365. The molecule has 1 aliphatic rings. The third kappa shape index (κ3) is 2.96. The predicted molar refractivity (Wildman–Crippen MR) is 55.5 cm³/mol. The van der Waals surface area contributed by atoms with Gasteiger partial charge in [0.15, 0.2) is 0 Å². The molecule has 1 saturated heterocycles. The molecule has 0 aromatic heterocycles. The average molecular weight is 185 g/mol. The second-order valence-electron chi connectivity index (χ2n) is 4.63. The van der Waals surface area contributed by atoms with Crippen molar-refractivity contribution in [1.29, 1.82) is 0 Å². The molecule has 0 aromatic carbocycles. The predicted octanol–water partition coefficient (Wildman–Crippen LogP) is 2.03. The molecule has 78 valence electrons. The first kappa shape index (κ1) is 11.0. The van der Waals surface area contributed by atoms with Gasteiger partial charge in [-0.25, -0.2) is 0 Å². The van der Waals surface area contributed by atoms with E-state index in [1.807, 2.05) is 0 Å². The number of nitrogens with two attached hydrogens (primary N) is 1. The maximum absolute atomic E-state index is 6.24. The highest BCUT2D eigenvalue weighted by Crippen LogP contribution is 2.25. The first-order chi connectivity index (χ1) is 6.13. The van der Waals surface area contributed by atoms with Crippen molar-refractivity contribution in [1.82, 2.24) is 0 Å². The number of hydrogen-bond acceptors (Lipinski definition) is 2. The van der Waals surface area contributed by atoms with Crippen LogP contribution in [-0.2, 0) is 4.74 Å². The largest absolute Gasteiger partial charge is 0.381 e. The van der Waals surface area contributed by atoms with E-state index in [1.165, 1.54) is 0 Å². The van der Waals surface area contributed by atoms with Crippen LogP contribution in [0.25, 0.3) is 0 Å². The van der Waals surface area contributed by atoms with Crippen LogP contribution in [-0.4, -0.2) is 19.3 Å². The lowest BCUT2D eigenvalue weighted by Crippen LogP contribution is -2.41. The molecule has 0 bridgehead atoms. The summed E-state index contributed by atoms with van der Waals surface area (Å²) in [5.74, 6) is 2.01. The number of ether oxygens (including phenoxy) is 1. The minimum Gasteiger partial charge on any atom is -0.381 e. The maximum atomic E-state index is 6.24. The Morgan fingerprint density at radius 3 is 2.15 bits per heavy atom. The van der Waals surface area contributed by atoms with Crippen molar-refractivity contribution in [3.05, 3.63) is 0 Å². The smallest absolute Gasteiger partial charge is 0.0469 e. The maximum Gasteiger partial charge on any atom is 0.0469 e. The van der Waals surface area contributed by atoms with Crippen LogP contribution in [0.4, 0.5) is 0 Å². The Morgan fingerprint density at radius 1 is 1.15 bits per heavy atom. The highest BCUT2D eigenvalue weighted by atomic mass is 16.5. The molecule has 0 radical (unpaired) electrons. The number of hydrogen-bond donors (Lipinski definition) is 1. The molecule has 0 aromatic rings. The van der Waals surface area contributed by atoms with Crippen LogP contribution in [0, 0.1) is 17.8 Å². The Balaban J connectivity index is 2.40. The molecular formula is C11H23NO. The van der Waals surface area contributed by atoms with E-state index in [4.69, 9.17) is 10.5 Å². The van der Waals surface area contributed by atoms with Gasteiger partial charge < -0.3 is 10.5 Å². The van der Waals surface area contributed by atoms with Crippen molar-refractivity contribution in [2.75, 3.05) is 13.2 Å². The normalized spacial score (nSPS) is 24.7. The fraction of sp³-hybridized carbons (Fsp3) is 1.00. The standard InChI is InChI=1S/C11H23NO/c1-8(2)9(3)11(12)10-4-6-13-7-5-10/h8-11H,4-7,12H2,1-3H3. The Morgan fingerprint density at radius 2 is 1.69 bits per heavy atom. The molecule has 2 atom stereocenters. The van der Waals surface area contributed by atoms with Crippen LogP contribution < -0.4 is 5.73 Å². The summed E-state index contributed by atoms with van der Waals surface area (Å²) in [4.78, 5) is 0. The second-order valence-corrected chi connectivity index (χ2v) is 4.63. The van der Waals surface area contributed by atoms with Crippen LogP contribution in [0.5, 0.6) is 0 Å². The van der Waals surface area contributed by atoms with E-state index in [2.05, 4.69) is 20.8 Å². The summed E-state index contributed by atoms with van der Waals surface area (Å²) in [5, 5.41) is 0. The van der Waals surface area contributed by atoms with E-state index in [0.717, 1.165) is 26.1 Å². The Hall–Kier alpha value is -0.0800. The lowest BCUT2D eigenvalue weighted by atomic mass is 9.80. The van der Waals surface area contributed by atoms with Crippen molar-refractivity contribution in [3.63, 3.8) is 0 Å². The summed E-state index contributed by atoms with van der Waals surface area (Å²) in [6.07, 6.45) is 2.30. The van der Waals surface area contributed by atoms with Crippen molar-refractivity contribution in [2.45, 2.75) is 39.7 Å². The van der Waals surface area contributed by atoms with Gasteiger partial charge in [0.2, 0.25) is 0 Å². The van der Waals surface area contributed by atoms with E-state index < -0.39 is 0 Å². The summed E-state index contributed by atoms with van der Waals surface area (Å²) < 4.78 is 5.33. The molecule has 13 heavy (non-hydrogen) atoms. The molecule has 0 amide bonds. The van der Waals surface area contributed by atoms with Gasteiger partial charge in [-0.05, 0) is 30.6 Å². The zero-order valence-electron chi connectivity index (χ0n) is 9.12. The highest BCUT2D eigenvalue weighted by Gasteiger charge is 2.26. The topological polar surface area (TPSA) is 35.2 Å². The van der Waals surface area contributed by atoms with Gasteiger partial charge >= 0.3 is 0 Å². The molecule has 2 heteroatoms. The summed E-state index contributed by atoms with van der Waals surface area (Å²) in [7, 11) is 0. The molecule has 2 nitrogen and oxygen atoms in total. The van der Waals surface area contributed by atoms with Crippen molar-refractivity contribution in [2.24, 2.45) is 23.5 Å². The molecule has 0 aliphatic carbocycles. The molecule has 1 rings (SSSR count). The van der Waals surface area contributed by atoms with Gasteiger partial charge in [0.05, 0.1) is 0 Å². The van der Waals surface area contributed by atoms with Gasteiger partial charge in [0.1, 0.15) is 0 Å². The fourth-order valence-corrected chi connectivity index (χ4v) is 1.97. The Kier molecular flexibility index (Phi) is 4.20. The van der Waals surface area contributed by atoms with Gasteiger partial charge in [0.25, 0.3) is 0 Å². The molecule has 2 N–H and O–H groups in total. The minimum atomic E-state index is 0.365. The molecule has 1 aliphatic heterocycles. The first-order valence-corrected chi connectivity index (χ1v) is 5.46. The summed E-state index contributed by atoms with van der Waals surface area (Å²) >= 11 is 0. The van der Waals surface area contributed by atoms with Gasteiger partial charge in [-0.15, -0.1) is 0 Å². The van der Waals surface area contributed by atoms with Gasteiger partial charge in [-0.1, -0.05) is 20.8 Å². The molecule has 1 fully saturated rings. The van der Waals surface area contributed by atoms with E-state index in [1.54, 1.807) is 0 Å². The third-order valence-corrected chi connectivity index (χ3v) is 3.47. The van der Waals surface area contributed by atoms with Crippen molar-refractivity contribution in [3.8, 4) is 0 Å².